The molecule has 2 rings (SSSR count). The zero-order chi connectivity index (χ0) is 13.7. The van der Waals surface area contributed by atoms with Gasteiger partial charge in [-0.2, -0.15) is 11.8 Å². The lowest BCUT2D eigenvalue weighted by Gasteiger charge is -2.24. The Labute approximate surface area is 122 Å². The fraction of sp³-hybridized carbons (Fsp3) is 0.643. The Morgan fingerprint density at radius 1 is 1.53 bits per heavy atom. The SMILES string of the molecule is CC(O)(CNC(=O)CC1CCSCC1)c1cccs1. The molecule has 1 fully saturated rings. The van der Waals surface area contributed by atoms with Crippen LogP contribution in [0.25, 0.3) is 0 Å². The van der Waals surface area contributed by atoms with Gasteiger partial charge in [-0.15, -0.1) is 11.3 Å². The van der Waals surface area contributed by atoms with Crippen molar-refractivity contribution in [3.63, 3.8) is 0 Å². The van der Waals surface area contributed by atoms with E-state index in [1.54, 1.807) is 6.92 Å². The quantitative estimate of drug-likeness (QED) is 0.878. The Hall–Kier alpha value is -0.520. The highest BCUT2D eigenvalue weighted by Gasteiger charge is 2.25. The molecule has 2 heterocycles. The number of amides is 1. The van der Waals surface area contributed by atoms with Gasteiger partial charge in [-0.05, 0) is 48.6 Å². The number of aliphatic hydroxyl groups is 1. The van der Waals surface area contributed by atoms with Gasteiger partial charge in [0.2, 0.25) is 5.91 Å². The van der Waals surface area contributed by atoms with Crippen molar-refractivity contribution in [1.82, 2.24) is 5.32 Å². The van der Waals surface area contributed by atoms with Gasteiger partial charge in [0.1, 0.15) is 5.60 Å². The minimum atomic E-state index is -0.966. The van der Waals surface area contributed by atoms with Gasteiger partial charge in [-0.25, -0.2) is 0 Å². The van der Waals surface area contributed by atoms with Crippen LogP contribution in [0.15, 0.2) is 17.5 Å². The van der Waals surface area contributed by atoms with E-state index in [4.69, 9.17) is 0 Å². The van der Waals surface area contributed by atoms with Gasteiger partial charge < -0.3 is 10.4 Å². The van der Waals surface area contributed by atoms with E-state index in [0.29, 0.717) is 12.3 Å². The molecule has 1 aromatic heterocycles. The van der Waals surface area contributed by atoms with Crippen molar-refractivity contribution in [2.45, 2.75) is 31.8 Å². The van der Waals surface area contributed by atoms with Crippen LogP contribution in [0.3, 0.4) is 0 Å². The Balaban J connectivity index is 1.76. The summed E-state index contributed by atoms with van der Waals surface area (Å²) < 4.78 is 0. The Morgan fingerprint density at radius 3 is 2.89 bits per heavy atom. The summed E-state index contributed by atoms with van der Waals surface area (Å²) in [4.78, 5) is 12.8. The van der Waals surface area contributed by atoms with Crippen molar-refractivity contribution >= 4 is 29.0 Å². The van der Waals surface area contributed by atoms with E-state index in [2.05, 4.69) is 5.32 Å². The van der Waals surface area contributed by atoms with Crippen LogP contribution in [0.1, 0.15) is 31.1 Å². The lowest BCUT2D eigenvalue weighted by atomic mass is 9.98. The van der Waals surface area contributed by atoms with Crippen molar-refractivity contribution in [3.05, 3.63) is 22.4 Å². The number of thiophene rings is 1. The molecule has 1 aliphatic heterocycles. The molecule has 0 aliphatic carbocycles. The molecule has 5 heteroatoms. The number of carbonyl (C=O) groups excluding carboxylic acids is 1. The number of rotatable bonds is 5. The highest BCUT2D eigenvalue weighted by atomic mass is 32.2. The first-order valence-corrected chi connectivity index (χ1v) is 8.72. The van der Waals surface area contributed by atoms with Gasteiger partial charge in [0.25, 0.3) is 0 Å². The smallest absolute Gasteiger partial charge is 0.220 e. The standard InChI is InChI=1S/C14H21NO2S2/c1-14(17,12-3-2-6-19-12)10-15-13(16)9-11-4-7-18-8-5-11/h2-3,6,11,17H,4-5,7-10H2,1H3,(H,15,16). The molecule has 1 aliphatic rings. The third-order valence-electron chi connectivity index (χ3n) is 3.50. The normalized spacial score (nSPS) is 19.9. The predicted molar refractivity (Wildman–Crippen MR) is 81.6 cm³/mol. The van der Waals surface area contributed by atoms with Gasteiger partial charge in [0, 0.05) is 11.3 Å². The third kappa shape index (κ3) is 4.51. The maximum atomic E-state index is 11.9. The maximum absolute atomic E-state index is 11.9. The molecular formula is C14H21NO2S2. The second-order valence-corrected chi connectivity index (χ2v) is 7.46. The van der Waals surface area contributed by atoms with E-state index in [9.17, 15) is 9.90 Å². The largest absolute Gasteiger partial charge is 0.383 e. The highest BCUT2D eigenvalue weighted by Crippen LogP contribution is 2.26. The topological polar surface area (TPSA) is 49.3 Å². The van der Waals surface area contributed by atoms with E-state index in [1.807, 2.05) is 29.3 Å². The predicted octanol–water partition coefficient (Wildman–Crippen LogP) is 2.61. The van der Waals surface area contributed by atoms with E-state index < -0.39 is 5.60 Å². The number of hydrogen-bond donors (Lipinski definition) is 2. The average molecular weight is 299 g/mol. The molecule has 1 atom stereocenters. The van der Waals surface area contributed by atoms with Gasteiger partial charge in [0.15, 0.2) is 0 Å². The Bertz CT molecular complexity index is 398. The first kappa shape index (κ1) is 14.9. The second-order valence-electron chi connectivity index (χ2n) is 5.29. The van der Waals surface area contributed by atoms with Gasteiger partial charge in [0.05, 0.1) is 6.54 Å². The molecule has 1 saturated heterocycles. The second kappa shape index (κ2) is 6.77. The molecule has 1 unspecified atom stereocenters. The van der Waals surface area contributed by atoms with Crippen LogP contribution < -0.4 is 5.32 Å². The van der Waals surface area contributed by atoms with Crippen LogP contribution in [0.4, 0.5) is 0 Å². The molecular weight excluding hydrogens is 278 g/mol. The molecule has 106 valence electrons. The van der Waals surface area contributed by atoms with Crippen molar-refractivity contribution < 1.29 is 9.90 Å². The van der Waals surface area contributed by atoms with Crippen molar-refractivity contribution in [2.24, 2.45) is 5.92 Å². The van der Waals surface area contributed by atoms with Gasteiger partial charge >= 0.3 is 0 Å². The molecule has 0 saturated carbocycles. The molecule has 3 nitrogen and oxygen atoms in total. The minimum Gasteiger partial charge on any atom is -0.383 e. The van der Waals surface area contributed by atoms with Crippen molar-refractivity contribution in [2.75, 3.05) is 18.1 Å². The van der Waals surface area contributed by atoms with Crippen LogP contribution in [0.5, 0.6) is 0 Å². The summed E-state index contributed by atoms with van der Waals surface area (Å²) in [5.41, 5.74) is -0.966. The summed E-state index contributed by atoms with van der Waals surface area (Å²) in [6.45, 7) is 2.03. The van der Waals surface area contributed by atoms with Crippen LogP contribution in [-0.2, 0) is 10.4 Å². The summed E-state index contributed by atoms with van der Waals surface area (Å²) in [6, 6.07) is 3.81. The lowest BCUT2D eigenvalue weighted by molar-refractivity contribution is -0.123. The fourth-order valence-electron chi connectivity index (χ4n) is 2.23. The average Bonchev–Trinajstić information content (AvgIpc) is 2.92. The zero-order valence-electron chi connectivity index (χ0n) is 11.2. The molecule has 1 aromatic rings. The molecule has 0 spiro atoms. The van der Waals surface area contributed by atoms with Crippen LogP contribution in [0, 0.1) is 5.92 Å². The summed E-state index contributed by atoms with van der Waals surface area (Å²) in [5.74, 6) is 2.93. The molecule has 1 amide bonds. The fourth-order valence-corrected chi connectivity index (χ4v) is 4.22. The molecule has 19 heavy (non-hydrogen) atoms. The van der Waals surface area contributed by atoms with E-state index in [0.717, 1.165) is 17.7 Å². The van der Waals surface area contributed by atoms with Crippen LogP contribution in [-0.4, -0.2) is 29.1 Å². The molecule has 0 radical (unpaired) electrons. The number of carbonyl (C=O) groups is 1. The van der Waals surface area contributed by atoms with Gasteiger partial charge in [-0.3, -0.25) is 4.79 Å². The molecule has 2 N–H and O–H groups in total. The maximum Gasteiger partial charge on any atom is 0.220 e. The van der Waals surface area contributed by atoms with E-state index in [-0.39, 0.29) is 12.5 Å². The van der Waals surface area contributed by atoms with Gasteiger partial charge in [-0.1, -0.05) is 6.07 Å². The summed E-state index contributed by atoms with van der Waals surface area (Å²) in [6.07, 6.45) is 2.87. The third-order valence-corrected chi connectivity index (χ3v) is 5.67. The Kier molecular flexibility index (Phi) is 5.30. The first-order chi connectivity index (χ1) is 9.08. The molecule has 0 aromatic carbocycles. The number of nitrogens with one attached hydrogen (secondary N) is 1. The van der Waals surface area contributed by atoms with E-state index in [1.165, 1.54) is 22.8 Å². The van der Waals surface area contributed by atoms with Crippen molar-refractivity contribution in [1.29, 1.82) is 0 Å². The summed E-state index contributed by atoms with van der Waals surface area (Å²) >= 11 is 3.48. The monoisotopic (exact) mass is 299 g/mol. The van der Waals surface area contributed by atoms with E-state index >= 15 is 0 Å². The zero-order valence-corrected chi connectivity index (χ0v) is 12.9. The number of thioether (sulfide) groups is 1. The van der Waals surface area contributed by atoms with Crippen LogP contribution >= 0.6 is 23.1 Å². The Morgan fingerprint density at radius 2 is 2.26 bits per heavy atom. The minimum absolute atomic E-state index is 0.0636. The summed E-state index contributed by atoms with van der Waals surface area (Å²) in [7, 11) is 0. The first-order valence-electron chi connectivity index (χ1n) is 6.69. The lowest BCUT2D eigenvalue weighted by Crippen LogP contribution is -2.38. The van der Waals surface area contributed by atoms with Crippen LogP contribution in [0.2, 0.25) is 0 Å². The molecule has 0 bridgehead atoms. The summed E-state index contributed by atoms with van der Waals surface area (Å²) in [5, 5.41) is 15.1. The highest BCUT2D eigenvalue weighted by molar-refractivity contribution is 7.99. The number of hydrogen-bond acceptors (Lipinski definition) is 4. The van der Waals surface area contributed by atoms with Crippen molar-refractivity contribution in [3.8, 4) is 0 Å².